The van der Waals surface area contributed by atoms with Crippen molar-refractivity contribution in [1.29, 1.82) is 0 Å². The van der Waals surface area contributed by atoms with E-state index in [2.05, 4.69) is 21.4 Å². The molecule has 0 unspecified atom stereocenters. The van der Waals surface area contributed by atoms with Gasteiger partial charge < -0.3 is 15.0 Å². The van der Waals surface area contributed by atoms with Crippen LogP contribution in [0, 0.1) is 0 Å². The molecule has 0 atom stereocenters. The van der Waals surface area contributed by atoms with Gasteiger partial charge in [-0.3, -0.25) is 4.79 Å². The second kappa shape index (κ2) is 12.7. The van der Waals surface area contributed by atoms with E-state index in [1.807, 2.05) is 29.3 Å². The van der Waals surface area contributed by atoms with Crippen LogP contribution in [0.1, 0.15) is 44.1 Å². The Labute approximate surface area is 189 Å². The number of pyridine rings is 2. The number of piperidine rings is 2. The first-order valence-electron chi connectivity index (χ1n) is 10.3. The fourth-order valence-corrected chi connectivity index (χ4v) is 3.86. The van der Waals surface area contributed by atoms with E-state index in [1.165, 1.54) is 5.56 Å². The van der Waals surface area contributed by atoms with Crippen LogP contribution in [0.15, 0.2) is 42.7 Å². The van der Waals surface area contributed by atoms with Gasteiger partial charge in [-0.25, -0.2) is 9.97 Å². The lowest BCUT2D eigenvalue weighted by molar-refractivity contribution is -0.129. The normalized spacial score (nSPS) is 17.3. The molecule has 4 rings (SSSR count). The van der Waals surface area contributed by atoms with Gasteiger partial charge in [0, 0.05) is 38.0 Å². The first kappa shape index (κ1) is 24.4. The van der Waals surface area contributed by atoms with Crippen molar-refractivity contribution >= 4 is 29.9 Å². The minimum atomic E-state index is 0. The summed E-state index contributed by atoms with van der Waals surface area (Å²) in [5.74, 6) is 1.42. The predicted molar refractivity (Wildman–Crippen MR) is 121 cm³/mol. The summed E-state index contributed by atoms with van der Waals surface area (Å²) in [5, 5.41) is 3.90. The summed E-state index contributed by atoms with van der Waals surface area (Å²) in [6, 6.07) is 9.53. The summed E-state index contributed by atoms with van der Waals surface area (Å²) in [5.41, 5.74) is 1.21. The van der Waals surface area contributed by atoms with Gasteiger partial charge >= 0.3 is 0 Å². The van der Waals surface area contributed by atoms with Crippen LogP contribution in [0.4, 0.5) is 0 Å². The largest absolute Gasteiger partial charge is 0.474 e. The number of halogens is 2. The van der Waals surface area contributed by atoms with Crippen molar-refractivity contribution in [3.63, 3.8) is 0 Å². The molecule has 2 aliphatic rings. The van der Waals surface area contributed by atoms with Crippen LogP contribution in [-0.2, 0) is 4.79 Å². The van der Waals surface area contributed by atoms with E-state index in [0.717, 1.165) is 57.7 Å². The maximum Gasteiger partial charge on any atom is 0.219 e. The molecule has 30 heavy (non-hydrogen) atoms. The topological polar surface area (TPSA) is 67.4 Å². The van der Waals surface area contributed by atoms with Gasteiger partial charge in [-0.1, -0.05) is 23.7 Å². The number of hydrogen-bond donors (Lipinski definition) is 1. The van der Waals surface area contributed by atoms with Gasteiger partial charge in [0.15, 0.2) is 0 Å². The first-order valence-corrected chi connectivity index (χ1v) is 10.7. The van der Waals surface area contributed by atoms with Gasteiger partial charge in [0.1, 0.15) is 11.3 Å². The maximum atomic E-state index is 11.5. The third kappa shape index (κ3) is 7.42. The van der Waals surface area contributed by atoms with Crippen LogP contribution in [0.25, 0.3) is 0 Å². The molecule has 1 amide bonds. The monoisotopic (exact) mass is 452 g/mol. The summed E-state index contributed by atoms with van der Waals surface area (Å²) in [4.78, 5) is 21.6. The zero-order chi connectivity index (χ0) is 20.5. The summed E-state index contributed by atoms with van der Waals surface area (Å²) in [7, 11) is 0. The molecule has 0 aromatic carbocycles. The second-order valence-electron chi connectivity index (χ2n) is 7.40. The van der Waals surface area contributed by atoms with E-state index in [4.69, 9.17) is 16.3 Å². The molecule has 1 N–H and O–H groups in total. The van der Waals surface area contributed by atoms with Crippen molar-refractivity contribution in [3.8, 4) is 5.88 Å². The van der Waals surface area contributed by atoms with Gasteiger partial charge in [-0.2, -0.15) is 0 Å². The SMILES string of the molecule is CC(=O)N1CCC(c2cccnc2OC2CCNCC2)CC1.Cl.Clc1ccccn1. The standard InChI is InChI=1S/C17H25N3O2.C5H4ClN.ClH/c1-13(21)20-11-6-14(7-12-20)16-3-2-8-19-17(16)22-15-4-9-18-10-5-15;6-5-3-1-2-4-7-5;/h2-3,8,14-15,18H,4-7,9-12H2,1H3;1-4H;1H. The molecule has 2 fully saturated rings. The number of aromatic nitrogens is 2. The van der Waals surface area contributed by atoms with Crippen molar-refractivity contribution in [2.45, 2.75) is 44.6 Å². The van der Waals surface area contributed by atoms with Crippen LogP contribution in [0.2, 0.25) is 5.15 Å². The van der Waals surface area contributed by atoms with E-state index < -0.39 is 0 Å². The summed E-state index contributed by atoms with van der Waals surface area (Å²) < 4.78 is 6.18. The highest BCUT2D eigenvalue weighted by molar-refractivity contribution is 6.29. The molecule has 0 bridgehead atoms. The number of nitrogens with one attached hydrogen (secondary N) is 1. The molecule has 2 saturated heterocycles. The molecule has 164 valence electrons. The van der Waals surface area contributed by atoms with Gasteiger partial charge in [-0.05, 0) is 62.9 Å². The quantitative estimate of drug-likeness (QED) is 0.709. The molecule has 6 nitrogen and oxygen atoms in total. The molecule has 0 radical (unpaired) electrons. The van der Waals surface area contributed by atoms with E-state index in [9.17, 15) is 4.79 Å². The third-order valence-electron chi connectivity index (χ3n) is 5.37. The highest BCUT2D eigenvalue weighted by Gasteiger charge is 2.26. The van der Waals surface area contributed by atoms with Crippen LogP contribution < -0.4 is 10.1 Å². The van der Waals surface area contributed by atoms with Gasteiger partial charge in [0.2, 0.25) is 11.8 Å². The average Bonchev–Trinajstić information content (AvgIpc) is 2.76. The highest BCUT2D eigenvalue weighted by Crippen LogP contribution is 2.33. The zero-order valence-electron chi connectivity index (χ0n) is 17.3. The van der Waals surface area contributed by atoms with Crippen molar-refractivity contribution in [1.82, 2.24) is 20.2 Å². The smallest absolute Gasteiger partial charge is 0.219 e. The van der Waals surface area contributed by atoms with Gasteiger partial charge in [-0.15, -0.1) is 12.4 Å². The van der Waals surface area contributed by atoms with Crippen molar-refractivity contribution in [2.24, 2.45) is 0 Å². The Kier molecular flexibility index (Phi) is 10.3. The first-order chi connectivity index (χ1) is 14.1. The fourth-order valence-electron chi connectivity index (χ4n) is 3.73. The summed E-state index contributed by atoms with van der Waals surface area (Å²) >= 11 is 5.43. The number of ether oxygens (including phenoxy) is 1. The number of amides is 1. The molecule has 0 spiro atoms. The number of carbonyl (C=O) groups excluding carboxylic acids is 1. The van der Waals surface area contributed by atoms with Crippen LogP contribution >= 0.6 is 24.0 Å². The molecule has 2 aromatic rings. The van der Waals surface area contributed by atoms with E-state index >= 15 is 0 Å². The van der Waals surface area contributed by atoms with Crippen molar-refractivity contribution < 1.29 is 9.53 Å². The summed E-state index contributed by atoms with van der Waals surface area (Å²) in [6.45, 7) is 5.35. The molecule has 2 aliphatic heterocycles. The Bertz CT molecular complexity index is 765. The molecular weight excluding hydrogens is 423 g/mol. The summed E-state index contributed by atoms with van der Waals surface area (Å²) in [6.07, 6.45) is 7.80. The molecular formula is C22H30Cl2N4O2. The Morgan fingerprint density at radius 3 is 2.33 bits per heavy atom. The molecule has 4 heterocycles. The molecule has 2 aromatic heterocycles. The van der Waals surface area contributed by atoms with Gasteiger partial charge in [0.25, 0.3) is 0 Å². The predicted octanol–water partition coefficient (Wildman–Crippen LogP) is 4.10. The minimum absolute atomic E-state index is 0. The Morgan fingerprint density at radius 2 is 1.77 bits per heavy atom. The number of rotatable bonds is 3. The fraction of sp³-hybridized carbons (Fsp3) is 0.500. The van der Waals surface area contributed by atoms with Crippen LogP contribution in [-0.4, -0.2) is 53.1 Å². The Morgan fingerprint density at radius 1 is 1.07 bits per heavy atom. The van der Waals surface area contributed by atoms with E-state index in [-0.39, 0.29) is 24.4 Å². The number of likely N-dealkylation sites (tertiary alicyclic amines) is 1. The lowest BCUT2D eigenvalue weighted by Crippen LogP contribution is -2.37. The van der Waals surface area contributed by atoms with E-state index in [0.29, 0.717) is 11.1 Å². The molecule has 0 saturated carbocycles. The Hall–Kier alpha value is -1.89. The highest BCUT2D eigenvalue weighted by atomic mass is 35.5. The molecule has 8 heteroatoms. The maximum absolute atomic E-state index is 11.5. The number of nitrogens with zero attached hydrogens (tertiary/aromatic N) is 3. The zero-order valence-corrected chi connectivity index (χ0v) is 18.9. The lowest BCUT2D eigenvalue weighted by Gasteiger charge is -2.32. The lowest BCUT2D eigenvalue weighted by atomic mass is 9.90. The van der Waals surface area contributed by atoms with Gasteiger partial charge in [0.05, 0.1) is 0 Å². The Balaban J connectivity index is 0.000000341. The van der Waals surface area contributed by atoms with E-state index in [1.54, 1.807) is 19.2 Å². The number of carbonyl (C=O) groups is 1. The minimum Gasteiger partial charge on any atom is -0.474 e. The number of hydrogen-bond acceptors (Lipinski definition) is 5. The van der Waals surface area contributed by atoms with Crippen LogP contribution in [0.3, 0.4) is 0 Å². The average molecular weight is 453 g/mol. The third-order valence-corrected chi connectivity index (χ3v) is 5.60. The van der Waals surface area contributed by atoms with Crippen LogP contribution in [0.5, 0.6) is 5.88 Å². The van der Waals surface area contributed by atoms with Crippen molar-refractivity contribution in [3.05, 3.63) is 53.4 Å². The van der Waals surface area contributed by atoms with Crippen molar-refractivity contribution in [2.75, 3.05) is 26.2 Å². The molecule has 0 aliphatic carbocycles. The second-order valence-corrected chi connectivity index (χ2v) is 7.79.